The molecule has 0 spiro atoms. The largest absolute Gasteiger partial charge is 0.436 e. The van der Waals surface area contributed by atoms with E-state index in [1.54, 1.807) is 24.4 Å². The fraction of sp³-hybridized carbons (Fsp3) is 0.160. The molecule has 0 aliphatic carbocycles. The van der Waals surface area contributed by atoms with Gasteiger partial charge >= 0.3 is 0 Å². The Morgan fingerprint density at radius 3 is 2.58 bits per heavy atom. The smallest absolute Gasteiger partial charge is 0.227 e. The van der Waals surface area contributed by atoms with Crippen molar-refractivity contribution in [3.63, 3.8) is 0 Å². The number of fused-ring (bicyclic) bond motifs is 2. The molecule has 166 valence electrons. The minimum absolute atomic E-state index is 0.164. The van der Waals surface area contributed by atoms with E-state index in [4.69, 9.17) is 9.72 Å². The van der Waals surface area contributed by atoms with Crippen molar-refractivity contribution in [1.82, 2.24) is 15.0 Å². The van der Waals surface area contributed by atoms with Crippen LogP contribution in [0.3, 0.4) is 0 Å². The van der Waals surface area contributed by atoms with Crippen molar-refractivity contribution >= 4 is 11.8 Å². The number of halogens is 2. The van der Waals surface area contributed by atoms with E-state index in [0.29, 0.717) is 51.5 Å². The summed E-state index contributed by atoms with van der Waals surface area (Å²) in [5, 5.41) is 10.5. The summed E-state index contributed by atoms with van der Waals surface area (Å²) in [5.74, 6) is 1.08. The number of hydrogen-bond acceptors (Lipinski definition) is 6. The van der Waals surface area contributed by atoms with Gasteiger partial charge in [-0.05, 0) is 36.8 Å². The highest BCUT2D eigenvalue weighted by Crippen LogP contribution is 2.43. The molecule has 3 heterocycles. The summed E-state index contributed by atoms with van der Waals surface area (Å²) in [4.78, 5) is 13.6. The van der Waals surface area contributed by atoms with Gasteiger partial charge in [0.25, 0.3) is 0 Å². The number of nitrogens with zero attached hydrogens (tertiary/aromatic N) is 3. The molecule has 0 radical (unpaired) electrons. The first-order chi connectivity index (χ1) is 16.0. The average Bonchev–Trinajstić information content (AvgIpc) is 2.82. The van der Waals surface area contributed by atoms with E-state index in [9.17, 15) is 13.9 Å². The second-order valence-electron chi connectivity index (χ2n) is 7.68. The summed E-state index contributed by atoms with van der Waals surface area (Å²) >= 11 is 1.43. The van der Waals surface area contributed by atoms with Gasteiger partial charge < -0.3 is 9.84 Å². The van der Waals surface area contributed by atoms with Crippen molar-refractivity contribution in [1.29, 1.82) is 0 Å². The van der Waals surface area contributed by atoms with Crippen LogP contribution in [-0.2, 0) is 18.8 Å². The molecule has 0 fully saturated rings. The zero-order valence-corrected chi connectivity index (χ0v) is 18.5. The number of aliphatic hydroxyl groups is 1. The Balaban J connectivity index is 1.60. The zero-order chi connectivity index (χ0) is 22.9. The number of aliphatic hydroxyl groups excluding tert-OH is 1. The van der Waals surface area contributed by atoms with Crippen molar-refractivity contribution in [2.45, 2.75) is 30.7 Å². The lowest BCUT2D eigenvalue weighted by molar-refractivity contribution is 0.278. The molecule has 2 aromatic heterocycles. The number of aromatic nitrogens is 3. The van der Waals surface area contributed by atoms with Crippen molar-refractivity contribution in [3.8, 4) is 23.0 Å². The lowest BCUT2D eigenvalue weighted by Crippen LogP contribution is -2.13. The van der Waals surface area contributed by atoms with Crippen LogP contribution in [-0.4, -0.2) is 20.1 Å². The fourth-order valence-electron chi connectivity index (χ4n) is 3.75. The number of aryl methyl sites for hydroxylation is 1. The van der Waals surface area contributed by atoms with Crippen LogP contribution in [0.15, 0.2) is 59.8 Å². The van der Waals surface area contributed by atoms with Crippen LogP contribution < -0.4 is 4.74 Å². The molecule has 0 unspecified atom stereocenters. The van der Waals surface area contributed by atoms with Crippen LogP contribution in [0.1, 0.15) is 27.9 Å². The molecule has 0 atom stereocenters. The summed E-state index contributed by atoms with van der Waals surface area (Å²) in [5.41, 5.74) is 4.31. The van der Waals surface area contributed by atoms with Gasteiger partial charge in [-0.3, -0.25) is 4.98 Å². The number of benzene rings is 2. The second kappa shape index (κ2) is 8.88. The van der Waals surface area contributed by atoms with E-state index in [-0.39, 0.29) is 18.2 Å². The highest BCUT2D eigenvalue weighted by Gasteiger charge is 2.27. The number of ether oxygens (including phenoxy) is 1. The maximum Gasteiger partial charge on any atom is 0.227 e. The Morgan fingerprint density at radius 1 is 1.03 bits per heavy atom. The van der Waals surface area contributed by atoms with Gasteiger partial charge in [-0.2, -0.15) is 4.98 Å². The molecule has 33 heavy (non-hydrogen) atoms. The first-order valence-corrected chi connectivity index (χ1v) is 11.3. The van der Waals surface area contributed by atoms with Gasteiger partial charge in [-0.1, -0.05) is 24.3 Å². The highest BCUT2D eigenvalue weighted by molar-refractivity contribution is 7.98. The van der Waals surface area contributed by atoms with E-state index in [1.807, 2.05) is 13.0 Å². The third-order valence-electron chi connectivity index (χ3n) is 5.41. The second-order valence-corrected chi connectivity index (χ2v) is 8.64. The zero-order valence-electron chi connectivity index (χ0n) is 17.7. The summed E-state index contributed by atoms with van der Waals surface area (Å²) in [7, 11) is 0. The minimum Gasteiger partial charge on any atom is -0.436 e. The Bertz CT molecular complexity index is 1360. The molecule has 0 bridgehead atoms. The van der Waals surface area contributed by atoms with E-state index in [2.05, 4.69) is 9.97 Å². The highest BCUT2D eigenvalue weighted by atomic mass is 32.2. The lowest BCUT2D eigenvalue weighted by atomic mass is 9.99. The summed E-state index contributed by atoms with van der Waals surface area (Å²) in [6.45, 7) is 1.67. The van der Waals surface area contributed by atoms with Crippen molar-refractivity contribution in [2.24, 2.45) is 0 Å². The summed E-state index contributed by atoms with van der Waals surface area (Å²) < 4.78 is 33.7. The van der Waals surface area contributed by atoms with E-state index in [1.165, 1.54) is 36.0 Å². The molecular formula is C25H19F2N3O2S. The molecule has 0 saturated carbocycles. The number of rotatable bonds is 5. The molecule has 4 aromatic rings. The SMILES string of the molecule is Cc1ncc(CO)c2c1Oc1nc(-c3cccc(F)c3)nc(SCc3cccc(F)c3)c1C2. The summed E-state index contributed by atoms with van der Waals surface area (Å²) in [6.07, 6.45) is 2.10. The minimum atomic E-state index is -0.387. The molecule has 1 N–H and O–H groups in total. The predicted octanol–water partition coefficient (Wildman–Crippen LogP) is 5.61. The topological polar surface area (TPSA) is 68.1 Å². The standard InChI is InChI=1S/C25H19F2N3O2S/c1-14-22-20(17(12-31)11-28-14)10-21-24(32-22)29-23(16-5-3-7-19(27)9-16)30-25(21)33-13-15-4-2-6-18(26)8-15/h2-9,11,31H,10,12-13H2,1H3. The molecule has 5 rings (SSSR count). The van der Waals surface area contributed by atoms with Gasteiger partial charge in [0.05, 0.1) is 17.9 Å². The van der Waals surface area contributed by atoms with Crippen LogP contribution in [0.4, 0.5) is 8.78 Å². The van der Waals surface area contributed by atoms with Crippen molar-refractivity contribution in [3.05, 3.63) is 94.3 Å². The van der Waals surface area contributed by atoms with Gasteiger partial charge in [-0.15, -0.1) is 11.8 Å². The van der Waals surface area contributed by atoms with Gasteiger partial charge in [-0.25, -0.2) is 13.8 Å². The van der Waals surface area contributed by atoms with Crippen LogP contribution >= 0.6 is 11.8 Å². The van der Waals surface area contributed by atoms with Crippen LogP contribution in [0, 0.1) is 18.6 Å². The van der Waals surface area contributed by atoms with Gasteiger partial charge in [0, 0.05) is 35.1 Å². The third-order valence-corrected chi connectivity index (χ3v) is 6.49. The van der Waals surface area contributed by atoms with Gasteiger partial charge in [0.1, 0.15) is 16.7 Å². The maximum absolute atomic E-state index is 13.9. The molecule has 1 aliphatic rings. The third kappa shape index (κ3) is 4.31. The molecule has 8 heteroatoms. The van der Waals surface area contributed by atoms with Crippen LogP contribution in [0.25, 0.3) is 11.4 Å². The van der Waals surface area contributed by atoms with Gasteiger partial charge in [0.2, 0.25) is 5.88 Å². The fourth-order valence-corrected chi connectivity index (χ4v) is 4.72. The Kier molecular flexibility index (Phi) is 5.78. The molecule has 1 aliphatic heterocycles. The monoisotopic (exact) mass is 463 g/mol. The lowest BCUT2D eigenvalue weighted by Gasteiger charge is -2.24. The molecule has 2 aromatic carbocycles. The molecule has 5 nitrogen and oxygen atoms in total. The van der Waals surface area contributed by atoms with Crippen molar-refractivity contribution in [2.75, 3.05) is 0 Å². The first kappa shape index (κ1) is 21.5. The van der Waals surface area contributed by atoms with E-state index >= 15 is 0 Å². The van der Waals surface area contributed by atoms with Crippen LogP contribution in [0.5, 0.6) is 11.6 Å². The average molecular weight is 464 g/mol. The molecular weight excluding hydrogens is 444 g/mol. The quantitative estimate of drug-likeness (QED) is 0.270. The Hall–Kier alpha value is -3.36. The van der Waals surface area contributed by atoms with E-state index in [0.717, 1.165) is 16.7 Å². The van der Waals surface area contributed by atoms with Gasteiger partial charge in [0.15, 0.2) is 11.6 Å². The predicted molar refractivity (Wildman–Crippen MR) is 121 cm³/mol. The molecule has 0 saturated heterocycles. The Morgan fingerprint density at radius 2 is 1.82 bits per heavy atom. The first-order valence-electron chi connectivity index (χ1n) is 10.3. The number of hydrogen-bond donors (Lipinski definition) is 1. The number of pyridine rings is 1. The maximum atomic E-state index is 13.9. The van der Waals surface area contributed by atoms with Crippen molar-refractivity contribution < 1.29 is 18.6 Å². The van der Waals surface area contributed by atoms with E-state index < -0.39 is 0 Å². The summed E-state index contributed by atoms with van der Waals surface area (Å²) in [6, 6.07) is 12.5. The normalized spacial score (nSPS) is 12.1. The number of thioether (sulfide) groups is 1. The Labute approximate surface area is 193 Å². The molecule has 0 amide bonds. The van der Waals surface area contributed by atoms with Crippen LogP contribution in [0.2, 0.25) is 0 Å².